The number of carbonyl (C=O) groups excluding carboxylic acids is 2. The predicted molar refractivity (Wildman–Crippen MR) is 112 cm³/mol. The van der Waals surface area contributed by atoms with Crippen molar-refractivity contribution in [3.63, 3.8) is 0 Å². The molecule has 0 saturated carbocycles. The van der Waals surface area contributed by atoms with E-state index in [1.165, 1.54) is 0 Å². The molecule has 0 aromatic heterocycles. The smallest absolute Gasteiger partial charge is 0.328 e. The molecule has 0 aromatic carbocycles. The average Bonchev–Trinajstić information content (AvgIpc) is 3.07. The van der Waals surface area contributed by atoms with Crippen molar-refractivity contribution in [2.24, 2.45) is 17.6 Å². The number of hydrogen-bond donors (Lipinski definition) is 5. The van der Waals surface area contributed by atoms with Crippen LogP contribution in [0.4, 0.5) is 0 Å². The van der Waals surface area contributed by atoms with Crippen molar-refractivity contribution in [1.29, 1.82) is 0 Å². The maximum Gasteiger partial charge on any atom is 0.328 e. The van der Waals surface area contributed by atoms with Gasteiger partial charge >= 0.3 is 5.97 Å². The molecule has 6 atom stereocenters. The summed E-state index contributed by atoms with van der Waals surface area (Å²) >= 11 is 4.24. The number of nitrogens with two attached hydrogens (primary N) is 1. The van der Waals surface area contributed by atoms with Gasteiger partial charge in [0.1, 0.15) is 6.04 Å². The Morgan fingerprint density at radius 3 is 2.41 bits per heavy atom. The van der Waals surface area contributed by atoms with E-state index in [0.717, 1.165) is 12.8 Å². The number of hydrogen-bond acceptors (Lipinski definition) is 7. The zero-order valence-corrected chi connectivity index (χ0v) is 18.1. The van der Waals surface area contributed by atoms with Crippen LogP contribution in [0.2, 0.25) is 0 Å². The lowest BCUT2D eigenvalue weighted by Gasteiger charge is -2.30. The molecule has 5 N–H and O–H groups in total. The van der Waals surface area contributed by atoms with Crippen LogP contribution in [0.25, 0.3) is 0 Å². The molecule has 1 aliphatic heterocycles. The van der Waals surface area contributed by atoms with Crippen LogP contribution in [0.15, 0.2) is 0 Å². The second kappa shape index (κ2) is 12.6. The van der Waals surface area contributed by atoms with E-state index in [9.17, 15) is 9.59 Å². The molecule has 0 aromatic rings. The molecule has 0 aliphatic carbocycles. The van der Waals surface area contributed by atoms with Gasteiger partial charge in [-0.05, 0) is 11.8 Å². The van der Waals surface area contributed by atoms with Crippen molar-refractivity contribution >= 4 is 24.5 Å². The van der Waals surface area contributed by atoms with Gasteiger partial charge in [-0.2, -0.15) is 12.6 Å². The highest BCUT2D eigenvalue weighted by atomic mass is 32.1. The van der Waals surface area contributed by atoms with Crippen LogP contribution in [0, 0.1) is 11.8 Å². The van der Waals surface area contributed by atoms with Gasteiger partial charge in [-0.25, -0.2) is 4.79 Å². The Bertz CT molecular complexity index is 466. The lowest BCUT2D eigenvalue weighted by Crippen LogP contribution is -2.56. The standard InChI is InChI=1S/C19H38N4O3S/c1-5-12(3)16(21-9-14(20)11-27)10-22-17(13(4)6-2)18(24)23-15-7-8-26-19(15)25/h12-17,21-22,27H,5-11,20H2,1-4H3,(H,23,24)/t12?,13?,14-,15+,16-,17+/m1/s1. The molecule has 7 nitrogen and oxygen atoms in total. The Kier molecular flexibility index (Phi) is 11.3. The Morgan fingerprint density at radius 1 is 1.22 bits per heavy atom. The number of esters is 1. The number of thiol groups is 1. The van der Waals surface area contributed by atoms with Crippen molar-refractivity contribution in [3.05, 3.63) is 0 Å². The normalized spacial score (nSPS) is 22.6. The fraction of sp³-hybridized carbons (Fsp3) is 0.895. The van der Waals surface area contributed by atoms with Crippen LogP contribution in [0.1, 0.15) is 47.0 Å². The van der Waals surface area contributed by atoms with E-state index >= 15 is 0 Å². The minimum Gasteiger partial charge on any atom is -0.464 e. The molecule has 1 aliphatic rings. The van der Waals surface area contributed by atoms with E-state index in [1.807, 2.05) is 6.92 Å². The van der Waals surface area contributed by atoms with Gasteiger partial charge in [-0.15, -0.1) is 0 Å². The summed E-state index contributed by atoms with van der Waals surface area (Å²) in [5, 5.41) is 9.78. The summed E-state index contributed by atoms with van der Waals surface area (Å²) in [6, 6.07) is -0.670. The van der Waals surface area contributed by atoms with E-state index in [2.05, 4.69) is 49.4 Å². The quantitative estimate of drug-likeness (QED) is 0.229. The zero-order valence-electron chi connectivity index (χ0n) is 17.2. The van der Waals surface area contributed by atoms with Crippen LogP contribution in [-0.2, 0) is 14.3 Å². The minimum atomic E-state index is -0.525. The summed E-state index contributed by atoms with van der Waals surface area (Å²) in [6.45, 7) is 10.2. The molecular formula is C19H38N4O3S. The highest BCUT2D eigenvalue weighted by Crippen LogP contribution is 2.13. The van der Waals surface area contributed by atoms with Crippen LogP contribution in [-0.4, -0.2) is 61.5 Å². The van der Waals surface area contributed by atoms with Crippen molar-refractivity contribution in [3.8, 4) is 0 Å². The molecule has 1 amide bonds. The first-order valence-corrected chi connectivity index (χ1v) is 10.8. The third-order valence-electron chi connectivity index (χ3n) is 5.51. The molecule has 8 heteroatoms. The number of ether oxygens (including phenoxy) is 1. The molecule has 158 valence electrons. The second-order valence-corrected chi connectivity index (χ2v) is 8.00. The largest absolute Gasteiger partial charge is 0.464 e. The van der Waals surface area contributed by atoms with Gasteiger partial charge < -0.3 is 26.4 Å². The zero-order chi connectivity index (χ0) is 20.4. The monoisotopic (exact) mass is 402 g/mol. The molecule has 0 spiro atoms. The summed E-state index contributed by atoms with van der Waals surface area (Å²) in [6.07, 6.45) is 2.44. The fourth-order valence-corrected chi connectivity index (χ4v) is 3.19. The molecular weight excluding hydrogens is 364 g/mol. The number of cyclic esters (lactones) is 1. The molecule has 27 heavy (non-hydrogen) atoms. The lowest BCUT2D eigenvalue weighted by atomic mass is 9.95. The Morgan fingerprint density at radius 2 is 1.89 bits per heavy atom. The highest BCUT2D eigenvalue weighted by molar-refractivity contribution is 7.80. The number of carbonyl (C=O) groups is 2. The van der Waals surface area contributed by atoms with E-state index in [0.29, 0.717) is 37.8 Å². The lowest BCUT2D eigenvalue weighted by molar-refractivity contribution is -0.141. The molecule has 1 heterocycles. The van der Waals surface area contributed by atoms with Crippen molar-refractivity contribution in [1.82, 2.24) is 16.0 Å². The minimum absolute atomic E-state index is 0.00179. The highest BCUT2D eigenvalue weighted by Gasteiger charge is 2.32. The van der Waals surface area contributed by atoms with E-state index in [4.69, 9.17) is 10.5 Å². The van der Waals surface area contributed by atoms with Crippen molar-refractivity contribution < 1.29 is 14.3 Å². The van der Waals surface area contributed by atoms with Gasteiger partial charge in [0.25, 0.3) is 0 Å². The van der Waals surface area contributed by atoms with Gasteiger partial charge in [-0.1, -0.05) is 40.5 Å². The van der Waals surface area contributed by atoms with Gasteiger partial charge in [0.2, 0.25) is 5.91 Å². The number of rotatable bonds is 13. The van der Waals surface area contributed by atoms with E-state index in [1.54, 1.807) is 0 Å². The number of amides is 1. The topological polar surface area (TPSA) is 105 Å². The average molecular weight is 403 g/mol. The van der Waals surface area contributed by atoms with Gasteiger partial charge in [0.05, 0.1) is 12.6 Å². The molecule has 2 unspecified atom stereocenters. The predicted octanol–water partition coefficient (Wildman–Crippen LogP) is 0.684. The van der Waals surface area contributed by atoms with E-state index < -0.39 is 6.04 Å². The van der Waals surface area contributed by atoms with E-state index in [-0.39, 0.29) is 35.9 Å². The van der Waals surface area contributed by atoms with Gasteiger partial charge in [-0.3, -0.25) is 4.79 Å². The van der Waals surface area contributed by atoms with Gasteiger partial charge in [0, 0.05) is 37.3 Å². The van der Waals surface area contributed by atoms with Crippen LogP contribution >= 0.6 is 12.6 Å². The van der Waals surface area contributed by atoms with Crippen LogP contribution in [0.5, 0.6) is 0 Å². The third kappa shape index (κ3) is 7.97. The third-order valence-corrected chi connectivity index (χ3v) is 5.98. The fourth-order valence-electron chi connectivity index (χ4n) is 3.06. The Hall–Kier alpha value is -0.830. The Balaban J connectivity index is 2.69. The SMILES string of the molecule is CCC(C)[C@H](NC[C@@H](NC[C@@H](N)CS)C(C)CC)C(=O)N[C@H]1CCOC1=O. The first-order chi connectivity index (χ1) is 12.8. The van der Waals surface area contributed by atoms with Crippen molar-refractivity contribution in [2.45, 2.75) is 71.1 Å². The van der Waals surface area contributed by atoms with Crippen LogP contribution in [0.3, 0.4) is 0 Å². The first kappa shape index (κ1) is 24.2. The van der Waals surface area contributed by atoms with Crippen LogP contribution < -0.4 is 21.7 Å². The molecule has 0 bridgehead atoms. The van der Waals surface area contributed by atoms with Crippen molar-refractivity contribution in [2.75, 3.05) is 25.4 Å². The maximum absolute atomic E-state index is 12.8. The first-order valence-electron chi connectivity index (χ1n) is 10.1. The Labute approximate surface area is 169 Å². The summed E-state index contributed by atoms with van der Waals surface area (Å²) < 4.78 is 4.94. The molecule has 0 radical (unpaired) electrons. The molecule has 1 rings (SSSR count). The number of nitrogens with one attached hydrogen (secondary N) is 3. The molecule has 1 saturated heterocycles. The molecule has 1 fully saturated rings. The summed E-state index contributed by atoms with van der Waals surface area (Å²) in [5.41, 5.74) is 5.97. The maximum atomic E-state index is 12.8. The summed E-state index contributed by atoms with van der Waals surface area (Å²) in [7, 11) is 0. The summed E-state index contributed by atoms with van der Waals surface area (Å²) in [4.78, 5) is 24.4. The summed E-state index contributed by atoms with van der Waals surface area (Å²) in [5.74, 6) is 0.743. The van der Waals surface area contributed by atoms with Gasteiger partial charge in [0.15, 0.2) is 0 Å². The second-order valence-electron chi connectivity index (χ2n) is 7.63.